The Labute approximate surface area is 151 Å². The minimum Gasteiger partial charge on any atom is -0.496 e. The first-order valence-corrected chi connectivity index (χ1v) is 8.59. The monoisotopic (exact) mass is 348 g/mol. The molecule has 26 heavy (non-hydrogen) atoms. The minimum absolute atomic E-state index is 0.0419. The summed E-state index contributed by atoms with van der Waals surface area (Å²) in [4.78, 5) is 16.4. The molecule has 0 aliphatic heterocycles. The highest BCUT2D eigenvalue weighted by Gasteiger charge is 2.41. The number of carbonyl (C=O) groups excluding carboxylic acids is 1. The van der Waals surface area contributed by atoms with Crippen LogP contribution in [0.5, 0.6) is 5.75 Å². The van der Waals surface area contributed by atoms with Gasteiger partial charge in [-0.1, -0.05) is 30.3 Å². The molecule has 1 N–H and O–H groups in total. The van der Waals surface area contributed by atoms with Crippen LogP contribution in [0.4, 0.5) is 0 Å². The summed E-state index contributed by atoms with van der Waals surface area (Å²) in [6, 6.07) is 15.7. The second kappa shape index (κ2) is 7.00. The van der Waals surface area contributed by atoms with E-state index in [0.29, 0.717) is 18.0 Å². The fourth-order valence-electron chi connectivity index (χ4n) is 3.19. The number of para-hydroxylation sites is 1. The number of benzene rings is 2. The number of nitrogens with one attached hydrogen (secondary N) is 1. The number of carbonyl (C=O) groups is 1. The molecule has 1 aliphatic rings. The number of nitrogens with zero attached hydrogens (tertiary/aromatic N) is 3. The van der Waals surface area contributed by atoms with Gasteiger partial charge in [0.2, 0.25) is 0 Å². The summed E-state index contributed by atoms with van der Waals surface area (Å²) in [5.41, 5.74) is 2.90. The van der Waals surface area contributed by atoms with Crippen molar-refractivity contribution in [3.05, 3.63) is 77.9 Å². The van der Waals surface area contributed by atoms with E-state index in [9.17, 15) is 4.79 Å². The van der Waals surface area contributed by atoms with Gasteiger partial charge in [0.1, 0.15) is 18.4 Å². The summed E-state index contributed by atoms with van der Waals surface area (Å²) in [6.45, 7) is 0.639. The van der Waals surface area contributed by atoms with E-state index in [1.807, 2.05) is 42.5 Å². The first-order chi connectivity index (χ1) is 12.7. The lowest BCUT2D eigenvalue weighted by Crippen LogP contribution is -2.26. The van der Waals surface area contributed by atoms with Gasteiger partial charge in [-0.25, -0.2) is 9.67 Å². The zero-order valence-corrected chi connectivity index (χ0v) is 14.5. The van der Waals surface area contributed by atoms with E-state index in [1.165, 1.54) is 6.33 Å². The molecule has 1 saturated carbocycles. The lowest BCUT2D eigenvalue weighted by molar-refractivity contribution is 0.0950. The van der Waals surface area contributed by atoms with E-state index >= 15 is 0 Å². The average molecular weight is 348 g/mol. The van der Waals surface area contributed by atoms with Crippen molar-refractivity contribution < 1.29 is 9.53 Å². The average Bonchev–Trinajstić information content (AvgIpc) is 3.24. The molecule has 1 amide bonds. The van der Waals surface area contributed by atoms with Gasteiger partial charge >= 0.3 is 0 Å². The highest BCUT2D eigenvalue weighted by Crippen LogP contribution is 2.44. The molecule has 2 aromatic carbocycles. The number of aromatic nitrogens is 3. The first kappa shape index (κ1) is 16.3. The van der Waals surface area contributed by atoms with E-state index in [-0.39, 0.29) is 11.9 Å². The third-order valence-corrected chi connectivity index (χ3v) is 4.67. The molecule has 4 rings (SSSR count). The van der Waals surface area contributed by atoms with Crippen LogP contribution in [0.1, 0.15) is 33.8 Å². The minimum atomic E-state index is -0.0419. The molecular weight excluding hydrogens is 328 g/mol. The van der Waals surface area contributed by atoms with Gasteiger partial charge in [0.25, 0.3) is 5.91 Å². The van der Waals surface area contributed by atoms with Crippen molar-refractivity contribution in [1.29, 1.82) is 0 Å². The van der Waals surface area contributed by atoms with Gasteiger partial charge in [0.05, 0.1) is 13.7 Å². The molecule has 0 spiro atoms. The maximum atomic E-state index is 12.5. The van der Waals surface area contributed by atoms with Gasteiger partial charge in [0.15, 0.2) is 0 Å². The quantitative estimate of drug-likeness (QED) is 0.743. The Morgan fingerprint density at radius 2 is 2.04 bits per heavy atom. The van der Waals surface area contributed by atoms with Crippen molar-refractivity contribution in [3.8, 4) is 5.75 Å². The molecule has 0 unspecified atom stereocenters. The van der Waals surface area contributed by atoms with Gasteiger partial charge in [-0.3, -0.25) is 4.79 Å². The van der Waals surface area contributed by atoms with E-state index in [0.717, 1.165) is 23.3 Å². The van der Waals surface area contributed by atoms with Crippen molar-refractivity contribution >= 4 is 5.91 Å². The highest BCUT2D eigenvalue weighted by molar-refractivity contribution is 5.94. The molecule has 1 heterocycles. The third-order valence-electron chi connectivity index (χ3n) is 4.67. The van der Waals surface area contributed by atoms with Crippen LogP contribution in [0, 0.1) is 0 Å². The number of amides is 1. The zero-order valence-electron chi connectivity index (χ0n) is 14.5. The normalized spacial score (nSPS) is 18.3. The van der Waals surface area contributed by atoms with Crippen LogP contribution in [0.2, 0.25) is 0 Å². The fraction of sp³-hybridized carbons (Fsp3) is 0.250. The lowest BCUT2D eigenvalue weighted by Gasteiger charge is -2.09. The van der Waals surface area contributed by atoms with Crippen molar-refractivity contribution in [2.75, 3.05) is 7.11 Å². The Morgan fingerprint density at radius 3 is 2.77 bits per heavy atom. The van der Waals surface area contributed by atoms with E-state index in [2.05, 4.69) is 21.5 Å². The van der Waals surface area contributed by atoms with Crippen molar-refractivity contribution in [2.24, 2.45) is 0 Å². The Kier molecular flexibility index (Phi) is 4.39. The number of hydrogen-bond acceptors (Lipinski definition) is 4. The van der Waals surface area contributed by atoms with Crippen LogP contribution in [0.15, 0.2) is 61.2 Å². The van der Waals surface area contributed by atoms with Crippen molar-refractivity contribution in [1.82, 2.24) is 20.1 Å². The summed E-state index contributed by atoms with van der Waals surface area (Å²) in [7, 11) is 1.68. The smallest absolute Gasteiger partial charge is 0.251 e. The molecule has 0 saturated heterocycles. The van der Waals surface area contributed by atoms with Gasteiger partial charge in [0, 0.05) is 17.5 Å². The summed E-state index contributed by atoms with van der Waals surface area (Å²) >= 11 is 0. The summed E-state index contributed by atoms with van der Waals surface area (Å²) in [5, 5.41) is 7.20. The number of rotatable bonds is 6. The predicted molar refractivity (Wildman–Crippen MR) is 97.2 cm³/mol. The van der Waals surface area contributed by atoms with Crippen molar-refractivity contribution in [2.45, 2.75) is 24.9 Å². The molecule has 0 radical (unpaired) electrons. The summed E-state index contributed by atoms with van der Waals surface area (Å²) in [5.74, 6) is 1.16. The maximum absolute atomic E-state index is 12.5. The largest absolute Gasteiger partial charge is 0.496 e. The Balaban J connectivity index is 1.37. The van der Waals surface area contributed by atoms with Gasteiger partial charge in [-0.2, -0.15) is 5.10 Å². The number of methoxy groups -OCH3 is 1. The second-order valence-electron chi connectivity index (χ2n) is 6.45. The molecule has 132 valence electrons. The second-order valence-corrected chi connectivity index (χ2v) is 6.45. The number of hydrogen-bond donors (Lipinski definition) is 1. The Bertz CT molecular complexity index is 890. The van der Waals surface area contributed by atoms with E-state index in [4.69, 9.17) is 4.74 Å². The van der Waals surface area contributed by atoms with Crippen LogP contribution in [-0.2, 0) is 6.54 Å². The maximum Gasteiger partial charge on any atom is 0.251 e. The highest BCUT2D eigenvalue weighted by atomic mass is 16.5. The predicted octanol–water partition coefficient (Wildman–Crippen LogP) is 2.62. The molecule has 2 atom stereocenters. The summed E-state index contributed by atoms with van der Waals surface area (Å²) in [6.07, 6.45) is 4.12. The van der Waals surface area contributed by atoms with Crippen molar-refractivity contribution in [3.63, 3.8) is 0 Å². The van der Waals surface area contributed by atoms with Gasteiger partial charge < -0.3 is 10.1 Å². The van der Waals surface area contributed by atoms with Crippen LogP contribution in [-0.4, -0.2) is 33.8 Å². The zero-order chi connectivity index (χ0) is 17.9. The molecule has 1 fully saturated rings. The van der Waals surface area contributed by atoms with Crippen LogP contribution in [0.3, 0.4) is 0 Å². The third kappa shape index (κ3) is 3.44. The molecule has 3 aromatic rings. The fourth-order valence-corrected chi connectivity index (χ4v) is 3.19. The van der Waals surface area contributed by atoms with E-state index in [1.54, 1.807) is 18.1 Å². The van der Waals surface area contributed by atoms with Crippen LogP contribution in [0.25, 0.3) is 0 Å². The topological polar surface area (TPSA) is 69.0 Å². The molecule has 1 aliphatic carbocycles. The molecule has 6 nitrogen and oxygen atoms in total. The van der Waals surface area contributed by atoms with Crippen LogP contribution >= 0.6 is 0 Å². The lowest BCUT2D eigenvalue weighted by atomic mass is 10.1. The molecule has 6 heteroatoms. The SMILES string of the molecule is COc1ccccc1[C@H]1C[C@@H]1NC(=O)c1ccc(Cn2cncn2)cc1. The standard InChI is InChI=1S/C20H20N4O2/c1-26-19-5-3-2-4-16(19)17-10-18(17)23-20(25)15-8-6-14(7-9-15)11-24-13-21-12-22-24/h2-9,12-13,17-18H,10-11H2,1H3,(H,23,25)/t17-,18+/m1/s1. The first-order valence-electron chi connectivity index (χ1n) is 8.59. The van der Waals surface area contributed by atoms with Gasteiger partial charge in [-0.05, 0) is 35.7 Å². The Hall–Kier alpha value is -3.15. The molecular formula is C20H20N4O2. The number of ether oxygens (including phenoxy) is 1. The molecule has 1 aromatic heterocycles. The van der Waals surface area contributed by atoms with Gasteiger partial charge in [-0.15, -0.1) is 0 Å². The summed E-state index contributed by atoms with van der Waals surface area (Å²) < 4.78 is 7.16. The van der Waals surface area contributed by atoms with Crippen LogP contribution < -0.4 is 10.1 Å². The van der Waals surface area contributed by atoms with E-state index < -0.39 is 0 Å². The Morgan fingerprint density at radius 1 is 1.23 bits per heavy atom. The molecule has 0 bridgehead atoms.